The van der Waals surface area contributed by atoms with Gasteiger partial charge in [-0.25, -0.2) is 0 Å². The molecule has 0 saturated heterocycles. The zero-order chi connectivity index (χ0) is 20.2. The Bertz CT molecular complexity index is 835. The second-order valence-corrected chi connectivity index (χ2v) is 5.83. The van der Waals surface area contributed by atoms with E-state index in [0.717, 1.165) is 0 Å². The number of nitro benzene ring substituents is 1. The number of hydrogen-bond donors (Lipinski definition) is 0. The molecule has 9 heteroatoms. The molecular formula is C18H17F3N2O4. The summed E-state index contributed by atoms with van der Waals surface area (Å²) in [6.45, 7) is -0.436. The highest BCUT2D eigenvalue weighted by Crippen LogP contribution is 2.25. The van der Waals surface area contributed by atoms with Crippen LogP contribution in [-0.2, 0) is 6.54 Å². The third-order valence-corrected chi connectivity index (χ3v) is 3.92. The quantitative estimate of drug-likeness (QED) is 0.557. The summed E-state index contributed by atoms with van der Waals surface area (Å²) in [4.78, 5) is 23.7. The van der Waals surface area contributed by atoms with E-state index in [0.29, 0.717) is 16.2 Å². The van der Waals surface area contributed by atoms with Gasteiger partial charge in [-0.2, -0.15) is 13.2 Å². The first kappa shape index (κ1) is 20.2. The molecular weight excluding hydrogens is 365 g/mol. The van der Waals surface area contributed by atoms with Crippen LogP contribution in [0.3, 0.4) is 0 Å². The van der Waals surface area contributed by atoms with Crippen LogP contribution in [0.1, 0.15) is 21.5 Å². The molecule has 27 heavy (non-hydrogen) atoms. The van der Waals surface area contributed by atoms with Crippen molar-refractivity contribution in [1.29, 1.82) is 0 Å². The summed E-state index contributed by atoms with van der Waals surface area (Å²) in [6, 6.07) is 10.0. The number of nitrogens with zero attached hydrogens (tertiary/aromatic N) is 2. The fourth-order valence-corrected chi connectivity index (χ4v) is 2.59. The zero-order valence-corrected chi connectivity index (χ0v) is 14.6. The third kappa shape index (κ3) is 5.19. The summed E-state index contributed by atoms with van der Waals surface area (Å²) in [5, 5.41) is 11.0. The Balaban J connectivity index is 2.37. The predicted molar refractivity (Wildman–Crippen MR) is 91.6 cm³/mol. The monoisotopic (exact) mass is 382 g/mol. The number of amides is 1. The molecule has 0 atom stereocenters. The fourth-order valence-electron chi connectivity index (χ4n) is 2.59. The van der Waals surface area contributed by atoms with Gasteiger partial charge >= 0.3 is 6.18 Å². The van der Waals surface area contributed by atoms with E-state index in [1.54, 1.807) is 24.3 Å². The number of carbonyl (C=O) groups excluding carboxylic acids is 1. The van der Waals surface area contributed by atoms with Gasteiger partial charge in [-0.15, -0.1) is 0 Å². The number of hydrogen-bond acceptors (Lipinski definition) is 4. The molecule has 0 radical (unpaired) electrons. The minimum Gasteiger partial charge on any atom is -0.497 e. The molecule has 0 saturated carbocycles. The van der Waals surface area contributed by atoms with Crippen molar-refractivity contribution >= 4 is 11.6 Å². The highest BCUT2D eigenvalue weighted by atomic mass is 19.4. The normalized spacial score (nSPS) is 11.1. The lowest BCUT2D eigenvalue weighted by molar-refractivity contribution is -0.385. The van der Waals surface area contributed by atoms with Crippen LogP contribution < -0.4 is 4.74 Å². The van der Waals surface area contributed by atoms with E-state index in [9.17, 15) is 28.1 Å². The van der Waals surface area contributed by atoms with E-state index >= 15 is 0 Å². The Morgan fingerprint density at radius 2 is 1.81 bits per heavy atom. The number of ether oxygens (including phenoxy) is 1. The average molecular weight is 382 g/mol. The van der Waals surface area contributed by atoms with Gasteiger partial charge in [0.05, 0.1) is 12.0 Å². The lowest BCUT2D eigenvalue weighted by Crippen LogP contribution is -2.38. The molecule has 0 bridgehead atoms. The number of nitro groups is 1. The molecule has 0 aliphatic rings. The van der Waals surface area contributed by atoms with Crippen molar-refractivity contribution in [3.8, 4) is 5.75 Å². The molecule has 0 unspecified atom stereocenters. The average Bonchev–Trinajstić information content (AvgIpc) is 2.60. The summed E-state index contributed by atoms with van der Waals surface area (Å²) in [7, 11) is 1.46. The van der Waals surface area contributed by atoms with Crippen molar-refractivity contribution in [3.63, 3.8) is 0 Å². The number of benzene rings is 2. The number of rotatable bonds is 6. The first-order chi connectivity index (χ1) is 12.6. The highest BCUT2D eigenvalue weighted by Gasteiger charge is 2.34. The maximum atomic E-state index is 13.0. The highest BCUT2D eigenvalue weighted by molar-refractivity contribution is 5.96. The maximum Gasteiger partial charge on any atom is 0.406 e. The van der Waals surface area contributed by atoms with Crippen molar-refractivity contribution in [2.24, 2.45) is 0 Å². The topological polar surface area (TPSA) is 72.7 Å². The van der Waals surface area contributed by atoms with E-state index in [1.807, 2.05) is 0 Å². The summed E-state index contributed by atoms with van der Waals surface area (Å²) >= 11 is 0. The third-order valence-electron chi connectivity index (χ3n) is 3.92. The summed E-state index contributed by atoms with van der Waals surface area (Å²) in [6.07, 6.45) is -4.61. The number of halogens is 3. The van der Waals surface area contributed by atoms with Crippen molar-refractivity contribution in [1.82, 2.24) is 4.90 Å². The largest absolute Gasteiger partial charge is 0.497 e. The van der Waals surface area contributed by atoms with Crippen molar-refractivity contribution in [3.05, 3.63) is 69.3 Å². The van der Waals surface area contributed by atoms with Gasteiger partial charge in [-0.3, -0.25) is 14.9 Å². The standard InChI is InChI=1S/C18H17F3N2O4/c1-12-15(4-3-5-16(12)23(25)26)17(24)22(11-18(19,20)21)10-13-6-8-14(27-2)9-7-13/h3-9H,10-11H2,1-2H3. The number of methoxy groups -OCH3 is 1. The predicted octanol–water partition coefficient (Wildman–Crippen LogP) is 4.12. The van der Waals surface area contributed by atoms with Crippen LogP contribution >= 0.6 is 0 Å². The zero-order valence-electron chi connectivity index (χ0n) is 14.6. The van der Waals surface area contributed by atoms with Crippen molar-refractivity contribution in [2.45, 2.75) is 19.6 Å². The van der Waals surface area contributed by atoms with Gasteiger partial charge in [0, 0.05) is 23.7 Å². The second kappa shape index (κ2) is 8.07. The Morgan fingerprint density at radius 3 is 2.33 bits per heavy atom. The van der Waals surface area contributed by atoms with Crippen LogP contribution in [0.4, 0.5) is 18.9 Å². The van der Waals surface area contributed by atoms with E-state index < -0.39 is 23.6 Å². The molecule has 2 rings (SSSR count). The van der Waals surface area contributed by atoms with Gasteiger partial charge in [0.1, 0.15) is 12.3 Å². The molecule has 0 fully saturated rings. The van der Waals surface area contributed by atoms with E-state index in [1.165, 1.54) is 32.2 Å². The molecule has 0 aromatic heterocycles. The number of alkyl halides is 3. The molecule has 0 N–H and O–H groups in total. The molecule has 2 aromatic rings. The molecule has 0 spiro atoms. The van der Waals surface area contributed by atoms with Crippen molar-refractivity contribution in [2.75, 3.05) is 13.7 Å². The molecule has 1 amide bonds. The minimum absolute atomic E-state index is 0.0226. The van der Waals surface area contributed by atoms with Crippen LogP contribution in [0, 0.1) is 17.0 Å². The van der Waals surface area contributed by atoms with Gasteiger partial charge < -0.3 is 9.64 Å². The Hall–Kier alpha value is -3.10. The Kier molecular flexibility index (Phi) is 6.04. The van der Waals surface area contributed by atoms with Crippen molar-refractivity contribution < 1.29 is 27.6 Å². The molecule has 6 nitrogen and oxygen atoms in total. The van der Waals surface area contributed by atoms with Crippen LogP contribution in [0.2, 0.25) is 0 Å². The van der Waals surface area contributed by atoms with Crippen LogP contribution in [0.25, 0.3) is 0 Å². The summed E-state index contributed by atoms with van der Waals surface area (Å²) in [5.41, 5.74) is 0.0325. The van der Waals surface area contributed by atoms with Gasteiger partial charge in [-0.1, -0.05) is 18.2 Å². The fraction of sp³-hybridized carbons (Fsp3) is 0.278. The van der Waals surface area contributed by atoms with Crippen LogP contribution in [0.15, 0.2) is 42.5 Å². The van der Waals surface area contributed by atoms with E-state index in [-0.39, 0.29) is 23.4 Å². The summed E-state index contributed by atoms with van der Waals surface area (Å²) in [5.74, 6) is -0.397. The first-order valence-electron chi connectivity index (χ1n) is 7.85. The lowest BCUT2D eigenvalue weighted by atomic mass is 10.0. The van der Waals surface area contributed by atoms with Gasteiger partial charge in [0.15, 0.2) is 0 Å². The molecule has 0 heterocycles. The summed E-state index contributed by atoms with van der Waals surface area (Å²) < 4.78 is 44.0. The smallest absolute Gasteiger partial charge is 0.406 e. The maximum absolute atomic E-state index is 13.0. The SMILES string of the molecule is COc1ccc(CN(CC(F)(F)F)C(=O)c2cccc([N+](=O)[O-])c2C)cc1. The first-order valence-corrected chi connectivity index (χ1v) is 7.85. The molecule has 0 aliphatic heterocycles. The minimum atomic E-state index is -4.61. The lowest BCUT2D eigenvalue weighted by Gasteiger charge is -2.25. The second-order valence-electron chi connectivity index (χ2n) is 5.83. The number of carbonyl (C=O) groups is 1. The van der Waals surface area contributed by atoms with Gasteiger partial charge in [-0.05, 0) is 30.7 Å². The van der Waals surface area contributed by atoms with Crippen LogP contribution in [0.5, 0.6) is 5.75 Å². The molecule has 2 aromatic carbocycles. The van der Waals surface area contributed by atoms with Crippen LogP contribution in [-0.4, -0.2) is 35.6 Å². The van der Waals surface area contributed by atoms with Gasteiger partial charge in [0.25, 0.3) is 11.6 Å². The molecule has 0 aliphatic carbocycles. The Labute approximate surface area is 153 Å². The van der Waals surface area contributed by atoms with E-state index in [2.05, 4.69) is 0 Å². The Morgan fingerprint density at radius 1 is 1.19 bits per heavy atom. The molecule has 144 valence electrons. The van der Waals surface area contributed by atoms with E-state index in [4.69, 9.17) is 4.74 Å². The van der Waals surface area contributed by atoms with Gasteiger partial charge in [0.2, 0.25) is 0 Å².